The Labute approximate surface area is 173 Å². The average Bonchev–Trinajstić information content (AvgIpc) is 3.14. The van der Waals surface area contributed by atoms with Gasteiger partial charge in [0.05, 0.1) is 26.0 Å². The summed E-state index contributed by atoms with van der Waals surface area (Å²) in [5, 5.41) is 7.52. The molecule has 1 N–H and O–H groups in total. The van der Waals surface area contributed by atoms with E-state index in [1.165, 1.54) is 0 Å². The highest BCUT2D eigenvalue weighted by Gasteiger charge is 2.27. The van der Waals surface area contributed by atoms with E-state index in [0.29, 0.717) is 31.8 Å². The largest absolute Gasteiger partial charge is 0.411 e. The lowest BCUT2D eigenvalue weighted by atomic mass is 10.1. The number of nitrogens with one attached hydrogen (secondary N) is 1. The molecule has 1 atom stereocenters. The van der Waals surface area contributed by atoms with Crippen molar-refractivity contribution in [1.29, 1.82) is 0 Å². The van der Waals surface area contributed by atoms with Crippen LogP contribution >= 0.6 is 0 Å². The number of ether oxygens (including phenoxy) is 2. The van der Waals surface area contributed by atoms with Crippen LogP contribution in [0.2, 0.25) is 0 Å². The number of hydrogen-bond acceptors (Lipinski definition) is 4. The van der Waals surface area contributed by atoms with E-state index < -0.39 is 12.8 Å². The zero-order valence-corrected chi connectivity index (χ0v) is 17.0. The SMILES string of the molecule is CN=C(NCc1cccc(COCC(F)(F)F)c1)N1CCOC(c2cnn(C)c2)C1. The molecule has 0 amide bonds. The zero-order chi connectivity index (χ0) is 21.6. The van der Waals surface area contributed by atoms with E-state index in [2.05, 4.69) is 20.3 Å². The minimum atomic E-state index is -4.32. The van der Waals surface area contributed by atoms with Crippen LogP contribution in [0.15, 0.2) is 41.7 Å². The third-order valence-electron chi connectivity index (χ3n) is 4.65. The molecule has 1 saturated heterocycles. The molecule has 1 aliphatic heterocycles. The second kappa shape index (κ2) is 9.94. The van der Waals surface area contributed by atoms with Crippen LogP contribution in [0.4, 0.5) is 13.2 Å². The maximum atomic E-state index is 12.2. The minimum Gasteiger partial charge on any atom is -0.370 e. The van der Waals surface area contributed by atoms with Crippen LogP contribution in [0.25, 0.3) is 0 Å². The number of halogens is 3. The van der Waals surface area contributed by atoms with E-state index in [1.807, 2.05) is 25.4 Å². The summed E-state index contributed by atoms with van der Waals surface area (Å²) in [7, 11) is 3.59. The van der Waals surface area contributed by atoms with Crippen LogP contribution in [0, 0.1) is 0 Å². The molecular weight excluding hydrogens is 399 g/mol. The van der Waals surface area contributed by atoms with Gasteiger partial charge in [0.15, 0.2) is 5.96 Å². The van der Waals surface area contributed by atoms with Crippen LogP contribution in [0.1, 0.15) is 22.8 Å². The molecule has 164 valence electrons. The van der Waals surface area contributed by atoms with Gasteiger partial charge in [-0.1, -0.05) is 24.3 Å². The summed E-state index contributed by atoms with van der Waals surface area (Å²) in [4.78, 5) is 6.49. The van der Waals surface area contributed by atoms with Gasteiger partial charge in [-0.05, 0) is 11.1 Å². The van der Waals surface area contributed by atoms with Crippen molar-refractivity contribution in [1.82, 2.24) is 20.0 Å². The molecule has 2 heterocycles. The summed E-state index contributed by atoms with van der Waals surface area (Å²) < 4.78 is 49.1. The number of benzene rings is 1. The third-order valence-corrected chi connectivity index (χ3v) is 4.65. The maximum absolute atomic E-state index is 12.2. The standard InChI is InChI=1S/C20H26F3N5O2/c1-24-19(28-6-7-30-18(12-28)17-10-26-27(2)11-17)25-9-15-4-3-5-16(8-15)13-29-14-20(21,22)23/h3-5,8,10-11,18H,6-7,9,12-14H2,1-2H3,(H,24,25). The zero-order valence-electron chi connectivity index (χ0n) is 17.0. The second-order valence-corrected chi connectivity index (χ2v) is 7.08. The highest BCUT2D eigenvalue weighted by molar-refractivity contribution is 5.80. The fraction of sp³-hybridized carbons (Fsp3) is 0.500. The summed E-state index contributed by atoms with van der Waals surface area (Å²) in [6, 6.07) is 7.29. The first-order valence-electron chi connectivity index (χ1n) is 9.62. The Morgan fingerprint density at radius 1 is 1.37 bits per heavy atom. The van der Waals surface area contributed by atoms with E-state index in [-0.39, 0.29) is 12.7 Å². The molecule has 0 spiro atoms. The fourth-order valence-corrected chi connectivity index (χ4v) is 3.28. The number of aryl methyl sites for hydroxylation is 1. The van der Waals surface area contributed by atoms with Gasteiger partial charge in [0.1, 0.15) is 12.7 Å². The Hall–Kier alpha value is -2.59. The Morgan fingerprint density at radius 3 is 2.87 bits per heavy atom. The first-order valence-corrected chi connectivity index (χ1v) is 9.62. The summed E-state index contributed by atoms with van der Waals surface area (Å²) in [6.45, 7) is 1.09. The Kier molecular flexibility index (Phi) is 7.33. The lowest BCUT2D eigenvalue weighted by molar-refractivity contribution is -0.176. The van der Waals surface area contributed by atoms with Crippen LogP contribution in [0.5, 0.6) is 0 Å². The molecule has 1 aromatic heterocycles. The first kappa shape index (κ1) is 22.1. The van der Waals surface area contributed by atoms with Crippen LogP contribution in [-0.4, -0.2) is 60.2 Å². The van der Waals surface area contributed by atoms with Crippen molar-refractivity contribution in [3.63, 3.8) is 0 Å². The summed E-state index contributed by atoms with van der Waals surface area (Å²) >= 11 is 0. The number of aromatic nitrogens is 2. The number of hydrogen-bond donors (Lipinski definition) is 1. The molecule has 0 aliphatic carbocycles. The lowest BCUT2D eigenvalue weighted by Gasteiger charge is -2.34. The summed E-state index contributed by atoms with van der Waals surface area (Å²) in [6.07, 6.45) is -0.662. The molecule has 1 fully saturated rings. The molecule has 30 heavy (non-hydrogen) atoms. The van der Waals surface area contributed by atoms with Gasteiger partial charge in [-0.3, -0.25) is 9.67 Å². The van der Waals surface area contributed by atoms with Gasteiger partial charge in [0, 0.05) is 38.9 Å². The van der Waals surface area contributed by atoms with Gasteiger partial charge in [0.2, 0.25) is 0 Å². The predicted octanol–water partition coefficient (Wildman–Crippen LogP) is 2.65. The number of nitrogens with zero attached hydrogens (tertiary/aromatic N) is 4. The monoisotopic (exact) mass is 425 g/mol. The molecule has 1 aromatic carbocycles. The fourth-order valence-electron chi connectivity index (χ4n) is 3.28. The minimum absolute atomic E-state index is 0.0832. The van der Waals surface area contributed by atoms with Gasteiger partial charge in [-0.2, -0.15) is 18.3 Å². The molecule has 1 aliphatic rings. The van der Waals surface area contributed by atoms with Crippen molar-refractivity contribution < 1.29 is 22.6 Å². The second-order valence-electron chi connectivity index (χ2n) is 7.08. The first-order chi connectivity index (χ1) is 14.3. The molecule has 0 saturated carbocycles. The number of guanidine groups is 1. The molecule has 0 radical (unpaired) electrons. The Bertz CT molecular complexity index is 853. The van der Waals surface area contributed by atoms with Gasteiger partial charge in [0.25, 0.3) is 0 Å². The van der Waals surface area contributed by atoms with Crippen molar-refractivity contribution >= 4 is 5.96 Å². The average molecular weight is 425 g/mol. The van der Waals surface area contributed by atoms with Crippen LogP contribution in [0.3, 0.4) is 0 Å². The topological polar surface area (TPSA) is 63.9 Å². The van der Waals surface area contributed by atoms with Crippen molar-refractivity contribution in [2.24, 2.45) is 12.0 Å². The van der Waals surface area contributed by atoms with Crippen molar-refractivity contribution in [2.75, 3.05) is 33.4 Å². The number of morpholine rings is 1. The van der Waals surface area contributed by atoms with E-state index >= 15 is 0 Å². The van der Waals surface area contributed by atoms with Crippen LogP contribution < -0.4 is 5.32 Å². The van der Waals surface area contributed by atoms with Gasteiger partial charge < -0.3 is 19.7 Å². The quantitative estimate of drug-likeness (QED) is 0.570. The molecular formula is C20H26F3N5O2. The third kappa shape index (κ3) is 6.46. The van der Waals surface area contributed by atoms with E-state index in [9.17, 15) is 13.2 Å². The van der Waals surface area contributed by atoms with Crippen molar-refractivity contribution in [2.45, 2.75) is 25.4 Å². The van der Waals surface area contributed by atoms with Crippen molar-refractivity contribution in [3.05, 3.63) is 53.3 Å². The van der Waals surface area contributed by atoms with Gasteiger partial charge in [-0.25, -0.2) is 0 Å². The number of aliphatic imine (C=N–C) groups is 1. The van der Waals surface area contributed by atoms with E-state index in [4.69, 9.17) is 9.47 Å². The van der Waals surface area contributed by atoms with E-state index in [1.54, 1.807) is 30.1 Å². The van der Waals surface area contributed by atoms with Crippen LogP contribution in [-0.2, 0) is 29.7 Å². The van der Waals surface area contributed by atoms with Gasteiger partial charge in [-0.15, -0.1) is 0 Å². The summed E-state index contributed by atoms with van der Waals surface area (Å²) in [5.41, 5.74) is 2.64. The Morgan fingerprint density at radius 2 is 2.17 bits per heavy atom. The summed E-state index contributed by atoms with van der Waals surface area (Å²) in [5.74, 6) is 0.742. The Balaban J connectivity index is 1.54. The highest BCUT2D eigenvalue weighted by atomic mass is 19.4. The number of alkyl halides is 3. The predicted molar refractivity (Wildman–Crippen MR) is 106 cm³/mol. The molecule has 3 rings (SSSR count). The highest BCUT2D eigenvalue weighted by Crippen LogP contribution is 2.21. The van der Waals surface area contributed by atoms with Crippen molar-refractivity contribution in [3.8, 4) is 0 Å². The van der Waals surface area contributed by atoms with E-state index in [0.717, 1.165) is 17.1 Å². The lowest BCUT2D eigenvalue weighted by Crippen LogP contribution is -2.47. The van der Waals surface area contributed by atoms with Gasteiger partial charge >= 0.3 is 6.18 Å². The normalized spacial score (nSPS) is 18.0. The molecule has 10 heteroatoms. The smallest absolute Gasteiger partial charge is 0.370 e. The number of rotatable bonds is 6. The molecule has 1 unspecified atom stereocenters. The molecule has 0 bridgehead atoms. The molecule has 7 nitrogen and oxygen atoms in total. The maximum Gasteiger partial charge on any atom is 0.411 e. The molecule has 2 aromatic rings.